The lowest BCUT2D eigenvalue weighted by molar-refractivity contribution is -0.140. The van der Waals surface area contributed by atoms with E-state index in [1.54, 1.807) is 24.3 Å². The number of nitrogens with zero attached hydrogens (tertiary/aromatic N) is 4. The number of carbonyl (C=O) groups excluding carboxylic acids is 2. The molecule has 11 heteroatoms. The molecule has 0 bridgehead atoms. The predicted molar refractivity (Wildman–Crippen MR) is 101 cm³/mol. The zero-order chi connectivity index (χ0) is 21.3. The van der Waals surface area contributed by atoms with E-state index in [9.17, 15) is 19.2 Å². The van der Waals surface area contributed by atoms with Crippen molar-refractivity contribution in [3.05, 3.63) is 56.5 Å². The van der Waals surface area contributed by atoms with Gasteiger partial charge in [-0.15, -0.1) is 0 Å². The van der Waals surface area contributed by atoms with E-state index in [2.05, 4.69) is 0 Å². The van der Waals surface area contributed by atoms with E-state index in [0.29, 0.717) is 11.4 Å². The molecule has 11 nitrogen and oxygen atoms in total. The van der Waals surface area contributed by atoms with Gasteiger partial charge >= 0.3 is 23.3 Å². The summed E-state index contributed by atoms with van der Waals surface area (Å²) >= 11 is 0. The van der Waals surface area contributed by atoms with Gasteiger partial charge in [-0.05, 0) is 24.3 Å². The van der Waals surface area contributed by atoms with E-state index in [1.807, 2.05) is 0 Å². The Balaban J connectivity index is 2.06. The summed E-state index contributed by atoms with van der Waals surface area (Å²) in [7, 11) is 5.39. The van der Waals surface area contributed by atoms with Crippen LogP contribution in [0.2, 0.25) is 0 Å². The lowest BCUT2D eigenvalue weighted by atomic mass is 10.1. The molecule has 0 saturated heterocycles. The summed E-state index contributed by atoms with van der Waals surface area (Å²) in [5.41, 5.74) is -0.0935. The summed E-state index contributed by atoms with van der Waals surface area (Å²) in [4.78, 5) is 50.4. The maximum atomic E-state index is 12.3. The highest BCUT2D eigenvalue weighted by Crippen LogP contribution is 2.27. The van der Waals surface area contributed by atoms with E-state index in [0.717, 1.165) is 4.57 Å². The van der Waals surface area contributed by atoms with Gasteiger partial charge in [-0.3, -0.25) is 0 Å². The zero-order valence-corrected chi connectivity index (χ0v) is 16.4. The van der Waals surface area contributed by atoms with Crippen LogP contribution in [0, 0.1) is 0 Å². The zero-order valence-electron chi connectivity index (χ0n) is 16.4. The number of aromatic nitrogens is 3. The van der Waals surface area contributed by atoms with Crippen LogP contribution in [0.3, 0.4) is 0 Å². The van der Waals surface area contributed by atoms with Gasteiger partial charge < -0.3 is 19.1 Å². The van der Waals surface area contributed by atoms with Gasteiger partial charge in [-0.2, -0.15) is 0 Å². The average molecular weight is 404 g/mol. The maximum Gasteiger partial charge on any atom is 0.355 e. The van der Waals surface area contributed by atoms with Gasteiger partial charge in [0.1, 0.15) is 12.4 Å². The highest BCUT2D eigenvalue weighted by molar-refractivity contribution is 6.03. The van der Waals surface area contributed by atoms with Gasteiger partial charge in [0, 0.05) is 19.8 Å². The number of benzene rings is 1. The highest BCUT2D eigenvalue weighted by atomic mass is 16.5. The molecular weight excluding hydrogens is 384 g/mol. The Hall–Kier alpha value is -3.60. The van der Waals surface area contributed by atoms with Gasteiger partial charge in [-0.1, -0.05) is 0 Å². The summed E-state index contributed by atoms with van der Waals surface area (Å²) in [6.45, 7) is -0.0987. The van der Waals surface area contributed by atoms with Crippen molar-refractivity contribution < 1.29 is 23.8 Å². The molecule has 0 spiro atoms. The Morgan fingerprint density at radius 3 is 1.93 bits per heavy atom. The van der Waals surface area contributed by atoms with Crippen LogP contribution in [0.5, 0.6) is 0 Å². The molecule has 2 aromatic rings. The number of ether oxygens (including phenoxy) is 3. The van der Waals surface area contributed by atoms with Crippen LogP contribution >= 0.6 is 0 Å². The monoisotopic (exact) mass is 404 g/mol. The van der Waals surface area contributed by atoms with E-state index >= 15 is 0 Å². The van der Waals surface area contributed by atoms with Crippen LogP contribution in [0.25, 0.3) is 5.69 Å². The third-order valence-electron chi connectivity index (χ3n) is 4.64. The second-order valence-corrected chi connectivity index (χ2v) is 6.18. The average Bonchev–Trinajstić information content (AvgIpc) is 2.94. The van der Waals surface area contributed by atoms with Gasteiger partial charge in [0.05, 0.1) is 32.1 Å². The molecule has 29 heavy (non-hydrogen) atoms. The van der Waals surface area contributed by atoms with Crippen LogP contribution in [0.15, 0.2) is 45.1 Å². The van der Waals surface area contributed by atoms with Gasteiger partial charge in [-0.25, -0.2) is 33.1 Å². The molecule has 0 amide bonds. The first-order chi connectivity index (χ1) is 13.8. The summed E-state index contributed by atoms with van der Waals surface area (Å²) in [6.07, 6.45) is 0. The number of anilines is 1. The Morgan fingerprint density at radius 2 is 1.41 bits per heavy atom. The first-order valence-electron chi connectivity index (χ1n) is 8.52. The topological polar surface area (TPSA) is 114 Å². The fourth-order valence-electron chi connectivity index (χ4n) is 2.98. The molecule has 0 saturated carbocycles. The quantitative estimate of drug-likeness (QED) is 0.613. The van der Waals surface area contributed by atoms with Crippen LogP contribution in [-0.2, 0) is 37.9 Å². The molecular formula is C18H20N4O7. The molecule has 1 aromatic carbocycles. The summed E-state index contributed by atoms with van der Waals surface area (Å²) in [6, 6.07) is 6.31. The molecule has 154 valence electrons. The van der Waals surface area contributed by atoms with Gasteiger partial charge in [0.25, 0.3) is 0 Å². The Bertz CT molecular complexity index is 1070. The van der Waals surface area contributed by atoms with Gasteiger partial charge in [0.15, 0.2) is 0 Å². The molecule has 3 rings (SSSR count). The second kappa shape index (κ2) is 7.80. The largest absolute Gasteiger partial charge is 0.466 e. The number of esters is 2. The van der Waals surface area contributed by atoms with Crippen LogP contribution < -0.4 is 16.3 Å². The smallest absolute Gasteiger partial charge is 0.355 e. The van der Waals surface area contributed by atoms with E-state index < -0.39 is 23.3 Å². The molecule has 0 radical (unpaired) electrons. The van der Waals surface area contributed by atoms with Crippen molar-refractivity contribution in [3.63, 3.8) is 0 Å². The van der Waals surface area contributed by atoms with Crippen molar-refractivity contribution in [3.8, 4) is 5.69 Å². The van der Waals surface area contributed by atoms with Crippen molar-refractivity contribution >= 4 is 17.6 Å². The molecule has 0 unspecified atom stereocenters. The minimum Gasteiger partial charge on any atom is -0.466 e. The van der Waals surface area contributed by atoms with Crippen LogP contribution in [-0.4, -0.2) is 53.4 Å². The third-order valence-corrected chi connectivity index (χ3v) is 4.64. The van der Waals surface area contributed by atoms with Crippen molar-refractivity contribution in [2.75, 3.05) is 32.5 Å². The van der Waals surface area contributed by atoms with Crippen molar-refractivity contribution in [1.82, 2.24) is 13.9 Å². The minimum absolute atomic E-state index is 0.00265. The van der Waals surface area contributed by atoms with Crippen molar-refractivity contribution in [2.45, 2.75) is 0 Å². The fourth-order valence-corrected chi connectivity index (χ4v) is 2.98. The Morgan fingerprint density at radius 1 is 0.897 bits per heavy atom. The predicted octanol–water partition coefficient (Wildman–Crippen LogP) is -0.731. The molecule has 1 aliphatic heterocycles. The SMILES string of the molecule is COC(=O)C1=C(C(=O)OC)N(c2ccc(-n3c(=O)n(C)n(C)c3=O)cc2)COC1. The fraction of sp³-hybridized carbons (Fsp3) is 0.333. The van der Waals surface area contributed by atoms with Crippen molar-refractivity contribution in [2.24, 2.45) is 14.1 Å². The Kier molecular flexibility index (Phi) is 5.41. The molecule has 0 atom stereocenters. The summed E-state index contributed by atoms with van der Waals surface area (Å²) in [5.74, 6) is -1.42. The first kappa shape index (κ1) is 20.1. The maximum absolute atomic E-state index is 12.3. The number of methoxy groups -OCH3 is 2. The van der Waals surface area contributed by atoms with Crippen molar-refractivity contribution in [1.29, 1.82) is 0 Å². The lowest BCUT2D eigenvalue weighted by Gasteiger charge is -2.31. The summed E-state index contributed by atoms with van der Waals surface area (Å²) in [5, 5.41) is 0. The molecule has 0 fully saturated rings. The first-order valence-corrected chi connectivity index (χ1v) is 8.52. The standard InChI is InChI=1S/C18H20N4O7/c1-19-17(25)22(18(26)20(19)2)12-7-5-11(6-8-12)21-10-29-9-13(15(23)27-3)14(21)16(24)28-4/h5-8H,9-10H2,1-4H3. The van der Waals surface area contributed by atoms with E-state index in [1.165, 1.54) is 42.6 Å². The third kappa shape index (κ3) is 3.36. The van der Waals surface area contributed by atoms with Crippen LogP contribution in [0.1, 0.15) is 0 Å². The minimum atomic E-state index is -0.717. The number of rotatable bonds is 4. The number of hydrogen-bond donors (Lipinski definition) is 0. The summed E-state index contributed by atoms with van der Waals surface area (Å²) < 4.78 is 18.4. The van der Waals surface area contributed by atoms with E-state index in [-0.39, 0.29) is 24.6 Å². The second-order valence-electron chi connectivity index (χ2n) is 6.18. The normalized spacial score (nSPS) is 14.1. The molecule has 1 aliphatic rings. The number of carbonyl (C=O) groups is 2. The van der Waals surface area contributed by atoms with Crippen LogP contribution in [0.4, 0.5) is 5.69 Å². The molecule has 1 aromatic heterocycles. The number of hydrogen-bond acceptors (Lipinski definition) is 8. The van der Waals surface area contributed by atoms with Gasteiger partial charge in [0.2, 0.25) is 0 Å². The highest BCUT2D eigenvalue weighted by Gasteiger charge is 2.32. The lowest BCUT2D eigenvalue weighted by Crippen LogP contribution is -2.38. The molecule has 0 N–H and O–H groups in total. The van der Waals surface area contributed by atoms with E-state index in [4.69, 9.17) is 14.2 Å². The Labute approximate surface area is 164 Å². The molecule has 2 heterocycles. The molecule has 0 aliphatic carbocycles.